The summed E-state index contributed by atoms with van der Waals surface area (Å²) < 4.78 is 5.57. The van der Waals surface area contributed by atoms with Crippen LogP contribution >= 0.6 is 0 Å². The predicted octanol–water partition coefficient (Wildman–Crippen LogP) is 2.68. The van der Waals surface area contributed by atoms with Gasteiger partial charge in [-0.25, -0.2) is 0 Å². The molecule has 2 aliphatic heterocycles. The van der Waals surface area contributed by atoms with Gasteiger partial charge in [0.2, 0.25) is 0 Å². The molecule has 3 heteroatoms. The van der Waals surface area contributed by atoms with Gasteiger partial charge in [0, 0.05) is 18.1 Å². The molecule has 3 unspecified atom stereocenters. The Morgan fingerprint density at radius 1 is 1.35 bits per heavy atom. The van der Waals surface area contributed by atoms with Crippen molar-refractivity contribution in [1.29, 1.82) is 0 Å². The van der Waals surface area contributed by atoms with E-state index in [1.54, 1.807) is 6.26 Å². The fourth-order valence-electron chi connectivity index (χ4n) is 3.77. The lowest BCUT2D eigenvalue weighted by Gasteiger charge is -2.50. The van der Waals surface area contributed by atoms with Gasteiger partial charge in [-0.1, -0.05) is 6.42 Å². The molecule has 2 aliphatic rings. The molecule has 17 heavy (non-hydrogen) atoms. The smallest absolute Gasteiger partial charge is 0.120 e. The van der Waals surface area contributed by atoms with Crippen molar-refractivity contribution < 1.29 is 4.42 Å². The van der Waals surface area contributed by atoms with Crippen LogP contribution in [0.15, 0.2) is 22.8 Å². The van der Waals surface area contributed by atoms with Gasteiger partial charge in [0.15, 0.2) is 0 Å². The van der Waals surface area contributed by atoms with Crippen LogP contribution < -0.4 is 5.73 Å². The molecule has 94 valence electrons. The summed E-state index contributed by atoms with van der Waals surface area (Å²) in [6.45, 7) is 2.26. The molecule has 0 aromatic carbocycles. The van der Waals surface area contributed by atoms with Crippen molar-refractivity contribution >= 4 is 0 Å². The number of nitrogens with zero attached hydrogens (tertiary/aromatic N) is 1. The molecule has 1 aromatic heterocycles. The van der Waals surface area contributed by atoms with E-state index in [2.05, 4.69) is 17.9 Å². The van der Waals surface area contributed by atoms with Crippen molar-refractivity contribution in [3.63, 3.8) is 0 Å². The Morgan fingerprint density at radius 3 is 2.65 bits per heavy atom. The van der Waals surface area contributed by atoms with Crippen LogP contribution in [0.2, 0.25) is 0 Å². The number of hydrogen-bond acceptors (Lipinski definition) is 3. The van der Waals surface area contributed by atoms with Crippen LogP contribution in [0.25, 0.3) is 0 Å². The lowest BCUT2D eigenvalue weighted by atomic mass is 9.81. The fourth-order valence-corrected chi connectivity index (χ4v) is 3.77. The molecule has 2 bridgehead atoms. The molecular weight excluding hydrogens is 212 g/mol. The van der Waals surface area contributed by atoms with Crippen molar-refractivity contribution in [1.82, 2.24) is 4.90 Å². The van der Waals surface area contributed by atoms with Crippen molar-refractivity contribution in [2.75, 3.05) is 0 Å². The van der Waals surface area contributed by atoms with Crippen molar-refractivity contribution in [2.24, 2.45) is 5.73 Å². The van der Waals surface area contributed by atoms with E-state index in [1.807, 2.05) is 6.07 Å². The topological polar surface area (TPSA) is 42.4 Å². The number of piperidine rings is 2. The van der Waals surface area contributed by atoms with Crippen LogP contribution in [0, 0.1) is 0 Å². The molecule has 3 atom stereocenters. The van der Waals surface area contributed by atoms with Gasteiger partial charge >= 0.3 is 0 Å². The van der Waals surface area contributed by atoms with Gasteiger partial charge in [-0.15, -0.1) is 0 Å². The van der Waals surface area contributed by atoms with Crippen LogP contribution in [0.3, 0.4) is 0 Å². The minimum Gasteiger partial charge on any atom is -0.468 e. The van der Waals surface area contributed by atoms with Gasteiger partial charge < -0.3 is 10.2 Å². The monoisotopic (exact) mass is 234 g/mol. The SMILES string of the molecule is CC(c1ccco1)N1C2CCCC1CC(N)C2. The zero-order valence-corrected chi connectivity index (χ0v) is 10.5. The summed E-state index contributed by atoms with van der Waals surface area (Å²) in [4.78, 5) is 2.66. The molecule has 3 rings (SSSR count). The van der Waals surface area contributed by atoms with Crippen LogP contribution in [0.1, 0.15) is 50.8 Å². The molecular formula is C14H22N2O. The maximum atomic E-state index is 6.16. The highest BCUT2D eigenvalue weighted by atomic mass is 16.3. The van der Waals surface area contributed by atoms with Gasteiger partial charge in [0.1, 0.15) is 5.76 Å². The lowest BCUT2D eigenvalue weighted by Crippen LogP contribution is -2.55. The highest BCUT2D eigenvalue weighted by Gasteiger charge is 2.40. The van der Waals surface area contributed by atoms with E-state index in [4.69, 9.17) is 10.2 Å². The fraction of sp³-hybridized carbons (Fsp3) is 0.714. The third-order valence-corrected chi connectivity index (χ3v) is 4.47. The standard InChI is InChI=1S/C14H22N2O/c1-10(14-6-3-7-17-14)16-12-4-2-5-13(16)9-11(15)8-12/h3,6-7,10-13H,2,4-5,8-9,15H2,1H3. The second-order valence-corrected chi connectivity index (χ2v) is 5.61. The molecule has 2 N–H and O–H groups in total. The summed E-state index contributed by atoms with van der Waals surface area (Å²) in [5.74, 6) is 1.09. The summed E-state index contributed by atoms with van der Waals surface area (Å²) in [6, 6.07) is 6.21. The Balaban J connectivity index is 1.82. The number of nitrogens with two attached hydrogens (primary N) is 1. The second-order valence-electron chi connectivity index (χ2n) is 5.61. The normalized spacial score (nSPS) is 35.8. The Bertz CT molecular complexity index is 348. The zero-order chi connectivity index (χ0) is 11.8. The quantitative estimate of drug-likeness (QED) is 0.855. The van der Waals surface area contributed by atoms with Crippen molar-refractivity contribution in [2.45, 2.75) is 63.2 Å². The average molecular weight is 234 g/mol. The highest BCUT2D eigenvalue weighted by molar-refractivity contribution is 5.07. The highest BCUT2D eigenvalue weighted by Crippen LogP contribution is 2.39. The zero-order valence-electron chi connectivity index (χ0n) is 10.5. The second kappa shape index (κ2) is 4.46. The van der Waals surface area contributed by atoms with E-state index in [0.717, 1.165) is 18.6 Å². The molecule has 3 heterocycles. The van der Waals surface area contributed by atoms with Gasteiger partial charge in [0.25, 0.3) is 0 Å². The summed E-state index contributed by atoms with van der Waals surface area (Å²) in [5.41, 5.74) is 6.16. The first-order chi connectivity index (χ1) is 8.25. The molecule has 2 saturated heterocycles. The van der Waals surface area contributed by atoms with Gasteiger partial charge in [-0.05, 0) is 44.7 Å². The summed E-state index contributed by atoms with van der Waals surface area (Å²) in [5, 5.41) is 0. The maximum Gasteiger partial charge on any atom is 0.120 e. The molecule has 0 radical (unpaired) electrons. The largest absolute Gasteiger partial charge is 0.468 e. The summed E-state index contributed by atoms with van der Waals surface area (Å²) in [6.07, 6.45) is 8.05. The molecule has 0 spiro atoms. The van der Waals surface area contributed by atoms with Gasteiger partial charge in [-0.3, -0.25) is 4.90 Å². The summed E-state index contributed by atoms with van der Waals surface area (Å²) in [7, 11) is 0. The number of hydrogen-bond donors (Lipinski definition) is 1. The molecule has 0 saturated carbocycles. The third kappa shape index (κ3) is 2.02. The Labute approximate surface area is 103 Å². The van der Waals surface area contributed by atoms with Crippen LogP contribution in [-0.2, 0) is 0 Å². The van der Waals surface area contributed by atoms with Crippen LogP contribution in [0.4, 0.5) is 0 Å². The predicted molar refractivity (Wildman–Crippen MR) is 67.6 cm³/mol. The van der Waals surface area contributed by atoms with Crippen LogP contribution in [0.5, 0.6) is 0 Å². The lowest BCUT2D eigenvalue weighted by molar-refractivity contribution is -0.00695. The van der Waals surface area contributed by atoms with E-state index in [0.29, 0.717) is 24.2 Å². The molecule has 3 nitrogen and oxygen atoms in total. The maximum absolute atomic E-state index is 6.16. The minimum atomic E-state index is 0.396. The van der Waals surface area contributed by atoms with E-state index in [1.165, 1.54) is 19.3 Å². The van der Waals surface area contributed by atoms with E-state index in [9.17, 15) is 0 Å². The number of furan rings is 1. The molecule has 2 fully saturated rings. The third-order valence-electron chi connectivity index (χ3n) is 4.47. The minimum absolute atomic E-state index is 0.396. The van der Waals surface area contributed by atoms with Crippen molar-refractivity contribution in [3.8, 4) is 0 Å². The average Bonchev–Trinajstić information content (AvgIpc) is 2.80. The first-order valence-corrected chi connectivity index (χ1v) is 6.82. The molecule has 0 aliphatic carbocycles. The first kappa shape index (κ1) is 11.3. The van der Waals surface area contributed by atoms with E-state index >= 15 is 0 Å². The number of fused-ring (bicyclic) bond motifs is 2. The Kier molecular flexibility index (Phi) is 2.97. The van der Waals surface area contributed by atoms with Gasteiger partial charge in [-0.2, -0.15) is 0 Å². The van der Waals surface area contributed by atoms with E-state index < -0.39 is 0 Å². The first-order valence-electron chi connectivity index (χ1n) is 6.82. The Morgan fingerprint density at radius 2 is 2.06 bits per heavy atom. The number of rotatable bonds is 2. The van der Waals surface area contributed by atoms with E-state index in [-0.39, 0.29) is 0 Å². The van der Waals surface area contributed by atoms with Gasteiger partial charge in [0.05, 0.1) is 12.3 Å². The summed E-state index contributed by atoms with van der Waals surface area (Å²) >= 11 is 0. The molecule has 1 aromatic rings. The Hall–Kier alpha value is -0.800. The van der Waals surface area contributed by atoms with Crippen molar-refractivity contribution in [3.05, 3.63) is 24.2 Å². The van der Waals surface area contributed by atoms with Crippen LogP contribution in [-0.4, -0.2) is 23.0 Å². The molecule has 0 amide bonds.